The van der Waals surface area contributed by atoms with Gasteiger partial charge in [0, 0.05) is 0 Å². The van der Waals surface area contributed by atoms with Crippen molar-refractivity contribution in [2.75, 3.05) is 0 Å². The Hall–Kier alpha value is -2.36. The zero-order chi connectivity index (χ0) is 14.7. The van der Waals surface area contributed by atoms with Gasteiger partial charge < -0.3 is 9.84 Å². The van der Waals surface area contributed by atoms with Crippen LogP contribution in [0, 0.1) is 19.7 Å². The standard InChI is InChI=1S/C16H15FO3/c1-10-5-11(2)7-12(6-10)9-20-15-4-3-13(16(18)19)8-14(15)17/h3-8H,9H2,1-2H3,(H,18,19). The highest BCUT2D eigenvalue weighted by molar-refractivity contribution is 5.87. The second-order valence-electron chi connectivity index (χ2n) is 4.73. The molecular formula is C16H15FO3. The van der Waals surface area contributed by atoms with E-state index in [2.05, 4.69) is 0 Å². The van der Waals surface area contributed by atoms with E-state index in [1.54, 1.807) is 0 Å². The summed E-state index contributed by atoms with van der Waals surface area (Å²) in [6, 6.07) is 9.60. The number of rotatable bonds is 4. The Morgan fingerprint density at radius 3 is 2.35 bits per heavy atom. The largest absolute Gasteiger partial charge is 0.486 e. The van der Waals surface area contributed by atoms with Gasteiger partial charge in [0.25, 0.3) is 0 Å². The first-order valence-electron chi connectivity index (χ1n) is 6.18. The molecule has 2 aromatic rings. The van der Waals surface area contributed by atoms with Gasteiger partial charge in [0.2, 0.25) is 0 Å². The molecule has 0 heterocycles. The summed E-state index contributed by atoms with van der Waals surface area (Å²) in [5, 5.41) is 8.76. The topological polar surface area (TPSA) is 46.5 Å². The minimum Gasteiger partial charge on any atom is -0.486 e. The van der Waals surface area contributed by atoms with Gasteiger partial charge in [-0.3, -0.25) is 0 Å². The Labute approximate surface area is 116 Å². The van der Waals surface area contributed by atoms with E-state index in [-0.39, 0.29) is 17.9 Å². The number of aromatic carboxylic acids is 1. The lowest BCUT2D eigenvalue weighted by atomic mass is 10.1. The summed E-state index contributed by atoms with van der Waals surface area (Å²) >= 11 is 0. The molecule has 1 N–H and O–H groups in total. The van der Waals surface area contributed by atoms with E-state index < -0.39 is 11.8 Å². The summed E-state index contributed by atoms with van der Waals surface area (Å²) in [6.07, 6.45) is 0. The highest BCUT2D eigenvalue weighted by Crippen LogP contribution is 2.20. The molecule has 0 spiro atoms. The fraction of sp³-hybridized carbons (Fsp3) is 0.188. The van der Waals surface area contributed by atoms with Crippen molar-refractivity contribution in [1.82, 2.24) is 0 Å². The molecule has 2 aromatic carbocycles. The van der Waals surface area contributed by atoms with E-state index in [1.165, 1.54) is 12.1 Å². The van der Waals surface area contributed by atoms with Crippen LogP contribution < -0.4 is 4.74 Å². The summed E-state index contributed by atoms with van der Waals surface area (Å²) in [5.41, 5.74) is 3.08. The molecule has 0 aromatic heterocycles. The van der Waals surface area contributed by atoms with Gasteiger partial charge in [-0.25, -0.2) is 9.18 Å². The van der Waals surface area contributed by atoms with Gasteiger partial charge in [-0.05, 0) is 37.6 Å². The monoisotopic (exact) mass is 274 g/mol. The Bertz CT molecular complexity index is 630. The van der Waals surface area contributed by atoms with Gasteiger partial charge in [0.05, 0.1) is 5.56 Å². The molecule has 0 aliphatic carbocycles. The van der Waals surface area contributed by atoms with Crippen molar-refractivity contribution in [2.24, 2.45) is 0 Å². The first-order valence-corrected chi connectivity index (χ1v) is 6.18. The molecular weight excluding hydrogens is 259 g/mol. The van der Waals surface area contributed by atoms with Crippen molar-refractivity contribution in [3.05, 3.63) is 64.5 Å². The first-order chi connectivity index (χ1) is 9.45. The molecule has 0 saturated heterocycles. The number of aryl methyl sites for hydroxylation is 2. The maximum atomic E-state index is 13.7. The summed E-state index contributed by atoms with van der Waals surface area (Å²) in [6.45, 7) is 4.21. The van der Waals surface area contributed by atoms with Crippen molar-refractivity contribution in [3.8, 4) is 5.75 Å². The molecule has 4 heteroatoms. The number of carbonyl (C=O) groups is 1. The molecule has 3 nitrogen and oxygen atoms in total. The fourth-order valence-electron chi connectivity index (χ4n) is 2.06. The fourth-order valence-corrected chi connectivity index (χ4v) is 2.06. The van der Waals surface area contributed by atoms with Crippen LogP contribution in [0.25, 0.3) is 0 Å². The van der Waals surface area contributed by atoms with E-state index in [9.17, 15) is 9.18 Å². The van der Waals surface area contributed by atoms with E-state index >= 15 is 0 Å². The predicted octanol–water partition coefficient (Wildman–Crippen LogP) is 3.72. The van der Waals surface area contributed by atoms with Crippen LogP contribution in [0.15, 0.2) is 36.4 Å². The number of ether oxygens (including phenoxy) is 1. The minimum absolute atomic E-state index is 0.0501. The molecule has 0 atom stereocenters. The Kier molecular flexibility index (Phi) is 4.03. The van der Waals surface area contributed by atoms with E-state index in [0.717, 1.165) is 22.8 Å². The van der Waals surface area contributed by atoms with E-state index in [1.807, 2.05) is 32.0 Å². The molecule has 0 aliphatic rings. The molecule has 0 aliphatic heterocycles. The predicted molar refractivity (Wildman–Crippen MR) is 73.6 cm³/mol. The molecule has 0 bridgehead atoms. The molecule has 2 rings (SSSR count). The number of halogens is 1. The highest BCUT2D eigenvalue weighted by atomic mass is 19.1. The van der Waals surface area contributed by atoms with Crippen LogP contribution >= 0.6 is 0 Å². The third-order valence-corrected chi connectivity index (χ3v) is 2.85. The van der Waals surface area contributed by atoms with Crippen LogP contribution in [0.5, 0.6) is 5.75 Å². The molecule has 20 heavy (non-hydrogen) atoms. The van der Waals surface area contributed by atoms with Crippen LogP contribution in [-0.2, 0) is 6.61 Å². The maximum absolute atomic E-state index is 13.7. The summed E-state index contributed by atoms with van der Waals surface area (Å²) < 4.78 is 19.1. The maximum Gasteiger partial charge on any atom is 0.335 e. The van der Waals surface area contributed by atoms with Gasteiger partial charge in [0.1, 0.15) is 6.61 Å². The van der Waals surface area contributed by atoms with Crippen LogP contribution in [-0.4, -0.2) is 11.1 Å². The first kappa shape index (κ1) is 14.1. The second-order valence-corrected chi connectivity index (χ2v) is 4.73. The SMILES string of the molecule is Cc1cc(C)cc(COc2ccc(C(=O)O)cc2F)c1. The third kappa shape index (κ3) is 3.35. The Morgan fingerprint density at radius 2 is 1.80 bits per heavy atom. The quantitative estimate of drug-likeness (QED) is 0.924. The van der Waals surface area contributed by atoms with Crippen LogP contribution in [0.1, 0.15) is 27.0 Å². The van der Waals surface area contributed by atoms with E-state index in [4.69, 9.17) is 9.84 Å². The smallest absolute Gasteiger partial charge is 0.335 e. The average Bonchev–Trinajstić information content (AvgIpc) is 2.36. The lowest BCUT2D eigenvalue weighted by Gasteiger charge is -2.09. The Morgan fingerprint density at radius 1 is 1.15 bits per heavy atom. The number of carboxylic acid groups (broad SMARTS) is 1. The van der Waals surface area contributed by atoms with Gasteiger partial charge >= 0.3 is 5.97 Å². The molecule has 0 radical (unpaired) electrons. The normalized spacial score (nSPS) is 10.3. The van der Waals surface area contributed by atoms with Crippen molar-refractivity contribution in [1.29, 1.82) is 0 Å². The van der Waals surface area contributed by atoms with Crippen LogP contribution in [0.4, 0.5) is 4.39 Å². The van der Waals surface area contributed by atoms with E-state index in [0.29, 0.717) is 0 Å². The molecule has 104 valence electrons. The number of carboxylic acids is 1. The lowest BCUT2D eigenvalue weighted by Crippen LogP contribution is -2.01. The summed E-state index contributed by atoms with van der Waals surface area (Å²) in [4.78, 5) is 10.7. The lowest BCUT2D eigenvalue weighted by molar-refractivity contribution is 0.0696. The Balaban J connectivity index is 2.12. The molecule has 0 fully saturated rings. The van der Waals surface area contributed by atoms with Crippen molar-refractivity contribution in [2.45, 2.75) is 20.5 Å². The van der Waals surface area contributed by atoms with Gasteiger partial charge in [-0.2, -0.15) is 0 Å². The molecule has 0 saturated carbocycles. The third-order valence-electron chi connectivity index (χ3n) is 2.85. The van der Waals surface area contributed by atoms with Crippen LogP contribution in [0.3, 0.4) is 0 Å². The second kappa shape index (κ2) is 5.74. The van der Waals surface area contributed by atoms with Crippen molar-refractivity contribution < 1.29 is 19.0 Å². The zero-order valence-corrected chi connectivity index (χ0v) is 11.3. The van der Waals surface area contributed by atoms with Gasteiger partial charge in [-0.1, -0.05) is 29.3 Å². The summed E-state index contributed by atoms with van der Waals surface area (Å²) in [5.74, 6) is -1.78. The van der Waals surface area contributed by atoms with Crippen molar-refractivity contribution in [3.63, 3.8) is 0 Å². The van der Waals surface area contributed by atoms with Crippen molar-refractivity contribution >= 4 is 5.97 Å². The highest BCUT2D eigenvalue weighted by Gasteiger charge is 2.09. The number of hydrogen-bond donors (Lipinski definition) is 1. The molecule has 0 unspecified atom stereocenters. The minimum atomic E-state index is -1.16. The van der Waals surface area contributed by atoms with Gasteiger partial charge in [-0.15, -0.1) is 0 Å². The summed E-state index contributed by atoms with van der Waals surface area (Å²) in [7, 11) is 0. The number of hydrogen-bond acceptors (Lipinski definition) is 2. The van der Waals surface area contributed by atoms with Crippen LogP contribution in [0.2, 0.25) is 0 Å². The number of benzene rings is 2. The molecule has 0 amide bonds. The zero-order valence-electron chi connectivity index (χ0n) is 11.3. The van der Waals surface area contributed by atoms with Gasteiger partial charge in [0.15, 0.2) is 11.6 Å². The average molecular weight is 274 g/mol.